The lowest BCUT2D eigenvalue weighted by Gasteiger charge is -2.34. The molecule has 1 amide bonds. The summed E-state index contributed by atoms with van der Waals surface area (Å²) >= 11 is 0. The second-order valence-electron chi connectivity index (χ2n) is 5.74. The lowest BCUT2D eigenvalue weighted by Crippen LogP contribution is -2.43. The fourth-order valence-electron chi connectivity index (χ4n) is 1.86. The number of amides is 1. The van der Waals surface area contributed by atoms with E-state index in [0.29, 0.717) is 13.1 Å². The molecule has 1 saturated heterocycles. The van der Waals surface area contributed by atoms with Gasteiger partial charge < -0.3 is 14.4 Å². The molecule has 0 aliphatic carbocycles. The van der Waals surface area contributed by atoms with Crippen LogP contribution < -0.4 is 0 Å². The zero-order valence-electron chi connectivity index (χ0n) is 11.9. The Bertz CT molecular complexity index is 288. The van der Waals surface area contributed by atoms with Crippen LogP contribution in [0.1, 0.15) is 40.5 Å². The standard InChI is InChI=1S/C14H25NO3/c1-6-11(2)17-12-7-9-15(10-8-12)13(16)18-14(3,4)5/h6,11-12H,1,7-10H2,2-5H3/t11-/m0/s1. The van der Waals surface area contributed by atoms with E-state index in [1.54, 1.807) is 11.0 Å². The number of rotatable bonds is 3. The number of carbonyl (C=O) groups is 1. The SMILES string of the molecule is C=C[C@H](C)OC1CCN(C(=O)OC(C)(C)C)CC1. The highest BCUT2D eigenvalue weighted by Crippen LogP contribution is 2.18. The topological polar surface area (TPSA) is 38.8 Å². The number of nitrogens with zero attached hydrogens (tertiary/aromatic N) is 1. The summed E-state index contributed by atoms with van der Waals surface area (Å²) in [4.78, 5) is 13.6. The molecule has 1 fully saturated rings. The summed E-state index contributed by atoms with van der Waals surface area (Å²) in [5, 5.41) is 0. The van der Waals surface area contributed by atoms with Gasteiger partial charge in [0.25, 0.3) is 0 Å². The van der Waals surface area contributed by atoms with Crippen LogP contribution in [0.15, 0.2) is 12.7 Å². The Labute approximate surface area is 110 Å². The number of hydrogen-bond donors (Lipinski definition) is 0. The van der Waals surface area contributed by atoms with Crippen molar-refractivity contribution in [3.63, 3.8) is 0 Å². The van der Waals surface area contributed by atoms with Crippen molar-refractivity contribution >= 4 is 6.09 Å². The van der Waals surface area contributed by atoms with Crippen LogP contribution in [0.25, 0.3) is 0 Å². The van der Waals surface area contributed by atoms with E-state index in [0.717, 1.165) is 12.8 Å². The van der Waals surface area contributed by atoms with Crippen LogP contribution in [0.3, 0.4) is 0 Å². The highest BCUT2D eigenvalue weighted by atomic mass is 16.6. The summed E-state index contributed by atoms with van der Waals surface area (Å²) in [5.74, 6) is 0. The maximum atomic E-state index is 11.8. The van der Waals surface area contributed by atoms with Crippen molar-refractivity contribution in [2.75, 3.05) is 13.1 Å². The normalized spacial score (nSPS) is 19.4. The van der Waals surface area contributed by atoms with Gasteiger partial charge in [-0.3, -0.25) is 0 Å². The predicted octanol–water partition coefficient (Wildman–Crippen LogP) is 2.98. The van der Waals surface area contributed by atoms with Crippen LogP contribution in [0, 0.1) is 0 Å². The Hall–Kier alpha value is -1.03. The zero-order chi connectivity index (χ0) is 13.8. The van der Waals surface area contributed by atoms with Gasteiger partial charge in [0.15, 0.2) is 0 Å². The average molecular weight is 255 g/mol. The third-order valence-corrected chi connectivity index (χ3v) is 2.83. The van der Waals surface area contributed by atoms with Crippen molar-refractivity contribution in [1.82, 2.24) is 4.90 Å². The Kier molecular flexibility index (Phi) is 5.20. The second kappa shape index (κ2) is 6.23. The molecule has 4 nitrogen and oxygen atoms in total. The van der Waals surface area contributed by atoms with Crippen molar-refractivity contribution in [3.8, 4) is 0 Å². The minimum absolute atomic E-state index is 0.0723. The highest BCUT2D eigenvalue weighted by molar-refractivity contribution is 5.68. The van der Waals surface area contributed by atoms with Gasteiger partial charge in [-0.25, -0.2) is 4.79 Å². The van der Waals surface area contributed by atoms with Gasteiger partial charge in [0.05, 0.1) is 12.2 Å². The molecule has 0 saturated carbocycles. The number of likely N-dealkylation sites (tertiary alicyclic amines) is 1. The molecule has 4 heteroatoms. The van der Waals surface area contributed by atoms with Gasteiger partial charge in [0, 0.05) is 13.1 Å². The molecule has 104 valence electrons. The van der Waals surface area contributed by atoms with Crippen molar-refractivity contribution in [1.29, 1.82) is 0 Å². The molecule has 0 aromatic heterocycles. The van der Waals surface area contributed by atoms with Gasteiger partial charge in [-0.2, -0.15) is 0 Å². The smallest absolute Gasteiger partial charge is 0.410 e. The lowest BCUT2D eigenvalue weighted by atomic mass is 10.1. The third kappa shape index (κ3) is 5.08. The Morgan fingerprint density at radius 2 is 1.94 bits per heavy atom. The average Bonchev–Trinajstić information content (AvgIpc) is 2.27. The van der Waals surface area contributed by atoms with Gasteiger partial charge in [0.1, 0.15) is 5.60 Å². The quantitative estimate of drug-likeness (QED) is 0.728. The first-order chi connectivity index (χ1) is 8.31. The Morgan fingerprint density at radius 3 is 2.39 bits per heavy atom. The van der Waals surface area contributed by atoms with Gasteiger partial charge in [0.2, 0.25) is 0 Å². The van der Waals surface area contributed by atoms with Crippen LogP contribution in [-0.2, 0) is 9.47 Å². The van der Waals surface area contributed by atoms with Crippen LogP contribution >= 0.6 is 0 Å². The van der Waals surface area contributed by atoms with E-state index in [9.17, 15) is 4.79 Å². The number of ether oxygens (including phenoxy) is 2. The van der Waals surface area contributed by atoms with Crippen molar-refractivity contribution in [3.05, 3.63) is 12.7 Å². The summed E-state index contributed by atoms with van der Waals surface area (Å²) in [7, 11) is 0. The summed E-state index contributed by atoms with van der Waals surface area (Å²) in [6.45, 7) is 12.7. The van der Waals surface area contributed by atoms with Crippen LogP contribution in [-0.4, -0.2) is 41.9 Å². The molecule has 1 heterocycles. The first kappa shape index (κ1) is 15.0. The molecule has 1 rings (SSSR count). The van der Waals surface area contributed by atoms with E-state index in [2.05, 4.69) is 6.58 Å². The van der Waals surface area contributed by atoms with Gasteiger partial charge in [-0.15, -0.1) is 6.58 Å². The highest BCUT2D eigenvalue weighted by Gasteiger charge is 2.27. The molecule has 0 N–H and O–H groups in total. The maximum Gasteiger partial charge on any atom is 0.410 e. The molecule has 0 aromatic carbocycles. The number of carbonyl (C=O) groups excluding carboxylic acids is 1. The summed E-state index contributed by atoms with van der Waals surface area (Å²) in [5.41, 5.74) is -0.429. The van der Waals surface area contributed by atoms with Crippen LogP contribution in [0.5, 0.6) is 0 Å². The fraction of sp³-hybridized carbons (Fsp3) is 0.786. The summed E-state index contributed by atoms with van der Waals surface area (Å²) in [6.07, 6.45) is 3.58. The maximum absolute atomic E-state index is 11.8. The Morgan fingerprint density at radius 1 is 1.39 bits per heavy atom. The molecule has 0 radical (unpaired) electrons. The third-order valence-electron chi connectivity index (χ3n) is 2.83. The molecule has 0 aromatic rings. The molecule has 0 unspecified atom stereocenters. The predicted molar refractivity (Wildman–Crippen MR) is 71.6 cm³/mol. The Balaban J connectivity index is 2.35. The van der Waals surface area contributed by atoms with E-state index in [1.165, 1.54) is 0 Å². The molecule has 1 atom stereocenters. The molecule has 1 aliphatic heterocycles. The van der Waals surface area contributed by atoms with Gasteiger partial charge in [-0.1, -0.05) is 6.08 Å². The molecule has 0 bridgehead atoms. The van der Waals surface area contributed by atoms with Crippen molar-refractivity contribution < 1.29 is 14.3 Å². The van der Waals surface area contributed by atoms with Crippen molar-refractivity contribution in [2.24, 2.45) is 0 Å². The number of piperidine rings is 1. The van der Waals surface area contributed by atoms with E-state index < -0.39 is 5.60 Å². The van der Waals surface area contributed by atoms with Gasteiger partial charge in [-0.05, 0) is 40.5 Å². The first-order valence-corrected chi connectivity index (χ1v) is 6.58. The largest absolute Gasteiger partial charge is 0.444 e. The lowest BCUT2D eigenvalue weighted by molar-refractivity contribution is -0.0251. The van der Waals surface area contributed by atoms with E-state index in [1.807, 2.05) is 27.7 Å². The molecule has 1 aliphatic rings. The summed E-state index contributed by atoms with van der Waals surface area (Å²) < 4.78 is 11.1. The first-order valence-electron chi connectivity index (χ1n) is 6.58. The molecule has 0 spiro atoms. The minimum atomic E-state index is -0.429. The zero-order valence-corrected chi connectivity index (χ0v) is 11.9. The minimum Gasteiger partial charge on any atom is -0.444 e. The summed E-state index contributed by atoms with van der Waals surface area (Å²) in [6, 6.07) is 0. The monoisotopic (exact) mass is 255 g/mol. The van der Waals surface area contributed by atoms with Crippen LogP contribution in [0.4, 0.5) is 4.79 Å². The molecular formula is C14H25NO3. The van der Waals surface area contributed by atoms with Crippen molar-refractivity contribution in [2.45, 2.75) is 58.3 Å². The number of hydrogen-bond acceptors (Lipinski definition) is 3. The second-order valence-corrected chi connectivity index (χ2v) is 5.74. The van der Waals surface area contributed by atoms with Crippen LogP contribution in [0.2, 0.25) is 0 Å². The van der Waals surface area contributed by atoms with E-state index in [4.69, 9.17) is 9.47 Å². The van der Waals surface area contributed by atoms with Gasteiger partial charge >= 0.3 is 6.09 Å². The molecular weight excluding hydrogens is 230 g/mol. The van der Waals surface area contributed by atoms with E-state index in [-0.39, 0.29) is 18.3 Å². The molecule has 18 heavy (non-hydrogen) atoms. The van der Waals surface area contributed by atoms with E-state index >= 15 is 0 Å². The fourth-order valence-corrected chi connectivity index (χ4v) is 1.86.